The van der Waals surface area contributed by atoms with E-state index in [-0.39, 0.29) is 24.1 Å². The monoisotopic (exact) mass is 279 g/mol. The van der Waals surface area contributed by atoms with Crippen LogP contribution in [0.15, 0.2) is 24.3 Å². The number of carboxylic acids is 1. The van der Waals surface area contributed by atoms with E-state index in [1.165, 1.54) is 10.5 Å². The zero-order valence-electron chi connectivity index (χ0n) is 10.8. The van der Waals surface area contributed by atoms with Gasteiger partial charge in [0, 0.05) is 13.6 Å². The van der Waals surface area contributed by atoms with E-state index in [1.807, 2.05) is 18.2 Å². The molecule has 19 heavy (non-hydrogen) atoms. The average Bonchev–Trinajstić information content (AvgIpc) is 2.43. The summed E-state index contributed by atoms with van der Waals surface area (Å²) in [6.45, 7) is 0.257. The molecule has 0 aliphatic carbocycles. The summed E-state index contributed by atoms with van der Waals surface area (Å²) < 4.78 is 0. The molecule has 0 bridgehead atoms. The van der Waals surface area contributed by atoms with Gasteiger partial charge in [-0.2, -0.15) is 0 Å². The van der Waals surface area contributed by atoms with Crippen molar-refractivity contribution < 1.29 is 14.7 Å². The number of likely N-dealkylation sites (N-methyl/N-ethyl adjacent to an activating group) is 1. The maximum atomic E-state index is 12.4. The van der Waals surface area contributed by atoms with Gasteiger partial charge in [0.15, 0.2) is 0 Å². The Morgan fingerprint density at radius 3 is 2.89 bits per heavy atom. The third kappa shape index (κ3) is 3.29. The van der Waals surface area contributed by atoms with E-state index < -0.39 is 5.97 Å². The molecule has 102 valence electrons. The van der Waals surface area contributed by atoms with Gasteiger partial charge in [0.1, 0.15) is 5.25 Å². The normalized spacial score (nSPS) is 17.6. The van der Waals surface area contributed by atoms with Crippen LogP contribution >= 0.6 is 11.8 Å². The summed E-state index contributed by atoms with van der Waals surface area (Å²) in [5.74, 6) is 0.0509. The number of carbonyl (C=O) groups excluding carboxylic acids is 1. The van der Waals surface area contributed by atoms with Crippen molar-refractivity contribution in [2.24, 2.45) is 0 Å². The third-order valence-electron chi connectivity index (χ3n) is 3.26. The zero-order valence-corrected chi connectivity index (χ0v) is 11.7. The Labute approximate surface area is 116 Å². The van der Waals surface area contributed by atoms with Gasteiger partial charge in [-0.3, -0.25) is 9.59 Å². The highest BCUT2D eigenvalue weighted by atomic mass is 32.2. The summed E-state index contributed by atoms with van der Waals surface area (Å²) in [6, 6.07) is 7.99. The molecule has 1 heterocycles. The first-order chi connectivity index (χ1) is 9.09. The molecule has 0 fully saturated rings. The van der Waals surface area contributed by atoms with Gasteiger partial charge >= 0.3 is 5.97 Å². The average molecular weight is 279 g/mol. The Morgan fingerprint density at radius 1 is 1.42 bits per heavy atom. The molecule has 0 aromatic heterocycles. The minimum Gasteiger partial charge on any atom is -0.481 e. The van der Waals surface area contributed by atoms with E-state index >= 15 is 0 Å². The fourth-order valence-electron chi connectivity index (χ4n) is 2.17. The lowest BCUT2D eigenvalue weighted by Gasteiger charge is -2.28. The van der Waals surface area contributed by atoms with Crippen LogP contribution in [0.5, 0.6) is 0 Å². The summed E-state index contributed by atoms with van der Waals surface area (Å²) in [5.41, 5.74) is 2.30. The van der Waals surface area contributed by atoms with Crippen LogP contribution in [-0.4, -0.2) is 41.2 Å². The topological polar surface area (TPSA) is 57.6 Å². The fourth-order valence-corrected chi connectivity index (χ4v) is 3.48. The molecule has 1 aliphatic heterocycles. The second-order valence-corrected chi connectivity index (χ2v) is 5.82. The SMILES string of the molecule is CN(CCC(=O)O)C(=O)C1SCCc2ccccc21. The Hall–Kier alpha value is -1.49. The smallest absolute Gasteiger partial charge is 0.305 e. The van der Waals surface area contributed by atoms with Crippen molar-refractivity contribution in [3.63, 3.8) is 0 Å². The van der Waals surface area contributed by atoms with E-state index in [9.17, 15) is 9.59 Å². The number of hydrogen-bond donors (Lipinski definition) is 1. The van der Waals surface area contributed by atoms with E-state index in [0.717, 1.165) is 17.7 Å². The largest absolute Gasteiger partial charge is 0.481 e. The molecule has 1 aromatic rings. The maximum absolute atomic E-state index is 12.4. The number of carbonyl (C=O) groups is 2. The van der Waals surface area contributed by atoms with Gasteiger partial charge in [0.2, 0.25) is 5.91 Å². The van der Waals surface area contributed by atoms with Gasteiger partial charge in [0.25, 0.3) is 0 Å². The molecule has 1 atom stereocenters. The molecule has 0 spiro atoms. The predicted molar refractivity (Wildman–Crippen MR) is 75.2 cm³/mol. The number of benzene rings is 1. The van der Waals surface area contributed by atoms with Crippen LogP contribution in [0.2, 0.25) is 0 Å². The molecule has 1 aliphatic rings. The van der Waals surface area contributed by atoms with Crippen molar-refractivity contribution in [3.05, 3.63) is 35.4 Å². The minimum atomic E-state index is -0.878. The summed E-state index contributed by atoms with van der Waals surface area (Å²) in [4.78, 5) is 24.5. The molecule has 2 rings (SSSR count). The van der Waals surface area contributed by atoms with Crippen LogP contribution < -0.4 is 0 Å². The first-order valence-corrected chi connectivity index (χ1v) is 7.30. The van der Waals surface area contributed by atoms with Gasteiger partial charge in [-0.15, -0.1) is 11.8 Å². The highest BCUT2D eigenvalue weighted by Gasteiger charge is 2.29. The van der Waals surface area contributed by atoms with Gasteiger partial charge < -0.3 is 10.0 Å². The van der Waals surface area contributed by atoms with Crippen molar-refractivity contribution in [3.8, 4) is 0 Å². The Bertz CT molecular complexity index is 489. The van der Waals surface area contributed by atoms with E-state index in [1.54, 1.807) is 18.8 Å². The summed E-state index contributed by atoms with van der Waals surface area (Å²) in [5, 5.41) is 8.48. The number of aryl methyl sites for hydroxylation is 1. The first kappa shape index (κ1) is 13.9. The lowest BCUT2D eigenvalue weighted by molar-refractivity contribution is -0.138. The molecule has 1 amide bonds. The highest BCUT2D eigenvalue weighted by Crippen LogP contribution is 2.37. The van der Waals surface area contributed by atoms with Crippen LogP contribution in [0.4, 0.5) is 0 Å². The first-order valence-electron chi connectivity index (χ1n) is 6.26. The standard InChI is InChI=1S/C14H17NO3S/c1-15(8-6-12(16)17)14(18)13-11-5-3-2-4-10(11)7-9-19-13/h2-5,13H,6-9H2,1H3,(H,16,17). The molecular formula is C14H17NO3S. The second-order valence-electron chi connectivity index (χ2n) is 4.60. The number of fused-ring (bicyclic) bond motifs is 1. The summed E-state index contributed by atoms with van der Waals surface area (Å²) in [7, 11) is 1.67. The molecule has 0 saturated heterocycles. The Kier molecular flexibility index (Phi) is 4.47. The number of carboxylic acid groups (broad SMARTS) is 1. The molecule has 5 heteroatoms. The minimum absolute atomic E-state index is 0.00148. The number of nitrogens with zero attached hydrogens (tertiary/aromatic N) is 1. The van der Waals surface area contributed by atoms with Crippen molar-refractivity contribution in [2.45, 2.75) is 18.1 Å². The van der Waals surface area contributed by atoms with Crippen molar-refractivity contribution in [2.75, 3.05) is 19.3 Å². The highest BCUT2D eigenvalue weighted by molar-refractivity contribution is 8.00. The van der Waals surface area contributed by atoms with Gasteiger partial charge in [0.05, 0.1) is 6.42 Å². The predicted octanol–water partition coefficient (Wildman–Crippen LogP) is 1.95. The van der Waals surface area contributed by atoms with E-state index in [0.29, 0.717) is 0 Å². The van der Waals surface area contributed by atoms with Crippen molar-refractivity contribution in [1.82, 2.24) is 4.90 Å². The molecule has 4 nitrogen and oxygen atoms in total. The molecule has 0 radical (unpaired) electrons. The Balaban J connectivity index is 2.10. The van der Waals surface area contributed by atoms with E-state index in [4.69, 9.17) is 5.11 Å². The van der Waals surface area contributed by atoms with Gasteiger partial charge in [-0.1, -0.05) is 24.3 Å². The molecule has 1 N–H and O–H groups in total. The van der Waals surface area contributed by atoms with Crippen LogP contribution in [-0.2, 0) is 16.0 Å². The van der Waals surface area contributed by atoms with Crippen LogP contribution in [0, 0.1) is 0 Å². The number of rotatable bonds is 4. The fraction of sp³-hybridized carbons (Fsp3) is 0.429. The van der Waals surface area contributed by atoms with Crippen LogP contribution in [0.1, 0.15) is 22.8 Å². The quantitative estimate of drug-likeness (QED) is 0.915. The number of thioether (sulfide) groups is 1. The van der Waals surface area contributed by atoms with Crippen LogP contribution in [0.25, 0.3) is 0 Å². The van der Waals surface area contributed by atoms with E-state index in [2.05, 4.69) is 6.07 Å². The second kappa shape index (κ2) is 6.10. The molecule has 1 aromatic carbocycles. The molecule has 1 unspecified atom stereocenters. The Morgan fingerprint density at radius 2 is 2.16 bits per heavy atom. The number of aliphatic carboxylic acids is 1. The van der Waals surface area contributed by atoms with Gasteiger partial charge in [-0.25, -0.2) is 0 Å². The number of amides is 1. The maximum Gasteiger partial charge on any atom is 0.305 e. The van der Waals surface area contributed by atoms with Crippen LogP contribution in [0.3, 0.4) is 0 Å². The van der Waals surface area contributed by atoms with Gasteiger partial charge in [-0.05, 0) is 23.3 Å². The lowest BCUT2D eigenvalue weighted by Crippen LogP contribution is -2.33. The third-order valence-corrected chi connectivity index (χ3v) is 4.48. The lowest BCUT2D eigenvalue weighted by atomic mass is 10.0. The zero-order chi connectivity index (χ0) is 13.8. The molecular weight excluding hydrogens is 262 g/mol. The number of hydrogen-bond acceptors (Lipinski definition) is 3. The summed E-state index contributed by atoms with van der Waals surface area (Å²) >= 11 is 1.64. The van der Waals surface area contributed by atoms with Crippen molar-refractivity contribution in [1.29, 1.82) is 0 Å². The van der Waals surface area contributed by atoms with Crippen molar-refractivity contribution >= 4 is 23.6 Å². The summed E-state index contributed by atoms with van der Waals surface area (Å²) in [6.07, 6.45) is 0.977. The molecule has 0 saturated carbocycles.